The number of halogens is 1. The number of carbonyl (C=O) groups is 1. The number of rotatable bonds is 3. The molecule has 100 valence electrons. The topological polar surface area (TPSA) is 85.1 Å². The molecule has 6 nitrogen and oxygen atoms in total. The highest BCUT2D eigenvalue weighted by molar-refractivity contribution is 5.86. The van der Waals surface area contributed by atoms with Gasteiger partial charge in [0, 0.05) is 0 Å². The second kappa shape index (κ2) is 5.75. The van der Waals surface area contributed by atoms with Gasteiger partial charge in [-0.3, -0.25) is 0 Å². The van der Waals surface area contributed by atoms with Crippen LogP contribution in [0.4, 0.5) is 4.39 Å². The predicted molar refractivity (Wildman–Crippen MR) is 64.6 cm³/mol. The molecule has 0 aliphatic heterocycles. The Balaban J connectivity index is 2.25. The average Bonchev–Trinajstić information content (AvgIpc) is 2.47. The number of nitriles is 1. The normalized spacial score (nSPS) is 9.65. The average molecular weight is 273 g/mol. The summed E-state index contributed by atoms with van der Waals surface area (Å²) >= 11 is 0. The van der Waals surface area contributed by atoms with Crippen molar-refractivity contribution >= 4 is 5.97 Å². The summed E-state index contributed by atoms with van der Waals surface area (Å²) in [4.78, 5) is 18.8. The van der Waals surface area contributed by atoms with Crippen LogP contribution in [-0.4, -0.2) is 23.0 Å². The van der Waals surface area contributed by atoms with Crippen LogP contribution >= 0.6 is 0 Å². The second-order valence-electron chi connectivity index (χ2n) is 3.56. The Morgan fingerprint density at radius 2 is 2.15 bits per heavy atom. The smallest absolute Gasteiger partial charge is 0.358 e. The zero-order chi connectivity index (χ0) is 14.5. The molecule has 20 heavy (non-hydrogen) atoms. The summed E-state index contributed by atoms with van der Waals surface area (Å²) in [7, 11) is 1.22. The van der Waals surface area contributed by atoms with Crippen molar-refractivity contribution in [3.63, 3.8) is 0 Å². The van der Waals surface area contributed by atoms with E-state index in [9.17, 15) is 9.18 Å². The fourth-order valence-electron chi connectivity index (χ4n) is 1.39. The summed E-state index contributed by atoms with van der Waals surface area (Å²) in [6, 6.07) is 5.68. The quantitative estimate of drug-likeness (QED) is 0.796. The van der Waals surface area contributed by atoms with Crippen LogP contribution in [0.15, 0.2) is 30.6 Å². The maximum absolute atomic E-state index is 13.4. The Hall–Kier alpha value is -3.01. The van der Waals surface area contributed by atoms with E-state index in [-0.39, 0.29) is 22.9 Å². The first-order valence-corrected chi connectivity index (χ1v) is 5.42. The van der Waals surface area contributed by atoms with E-state index < -0.39 is 11.8 Å². The van der Waals surface area contributed by atoms with Gasteiger partial charge >= 0.3 is 5.97 Å². The maximum atomic E-state index is 13.4. The van der Waals surface area contributed by atoms with Crippen molar-refractivity contribution in [2.45, 2.75) is 0 Å². The first kappa shape index (κ1) is 13.4. The first-order valence-electron chi connectivity index (χ1n) is 5.42. The number of esters is 1. The molecule has 2 aromatic rings. The third kappa shape index (κ3) is 2.70. The third-order valence-corrected chi connectivity index (χ3v) is 2.32. The van der Waals surface area contributed by atoms with E-state index >= 15 is 0 Å². The molecule has 0 radical (unpaired) electrons. The van der Waals surface area contributed by atoms with Crippen LogP contribution in [0.5, 0.6) is 11.6 Å². The zero-order valence-electron chi connectivity index (χ0n) is 10.3. The number of nitrogens with zero attached hydrogens (tertiary/aromatic N) is 3. The Kier molecular flexibility index (Phi) is 3.86. The van der Waals surface area contributed by atoms with E-state index in [4.69, 9.17) is 10.00 Å². The predicted octanol–water partition coefficient (Wildman–Crippen LogP) is 2.07. The van der Waals surface area contributed by atoms with Crippen molar-refractivity contribution in [1.29, 1.82) is 5.26 Å². The number of aromatic nitrogens is 2. The minimum Gasteiger partial charge on any atom is -0.464 e. The van der Waals surface area contributed by atoms with Gasteiger partial charge in [-0.1, -0.05) is 6.07 Å². The lowest BCUT2D eigenvalue weighted by Gasteiger charge is -2.06. The molecule has 0 fully saturated rings. The van der Waals surface area contributed by atoms with Crippen molar-refractivity contribution in [2.75, 3.05) is 7.11 Å². The Morgan fingerprint density at radius 1 is 1.35 bits per heavy atom. The van der Waals surface area contributed by atoms with E-state index in [1.807, 2.05) is 0 Å². The van der Waals surface area contributed by atoms with Crippen LogP contribution in [0.3, 0.4) is 0 Å². The van der Waals surface area contributed by atoms with Crippen molar-refractivity contribution in [2.24, 2.45) is 0 Å². The number of methoxy groups -OCH3 is 1. The van der Waals surface area contributed by atoms with Gasteiger partial charge in [0.05, 0.1) is 19.5 Å². The molecule has 7 heteroatoms. The molecule has 1 aromatic heterocycles. The van der Waals surface area contributed by atoms with Crippen molar-refractivity contribution < 1.29 is 18.7 Å². The van der Waals surface area contributed by atoms with E-state index in [0.717, 1.165) is 12.3 Å². The van der Waals surface area contributed by atoms with Crippen molar-refractivity contribution in [3.8, 4) is 17.7 Å². The van der Waals surface area contributed by atoms with E-state index in [2.05, 4.69) is 14.7 Å². The molecule has 0 N–H and O–H groups in total. The molecular formula is C13H8FN3O3. The number of benzene rings is 1. The molecule has 0 spiro atoms. The van der Waals surface area contributed by atoms with Gasteiger partial charge in [-0.2, -0.15) is 5.26 Å². The highest BCUT2D eigenvalue weighted by atomic mass is 19.1. The molecular weight excluding hydrogens is 265 g/mol. The summed E-state index contributed by atoms with van der Waals surface area (Å²) < 4.78 is 23.1. The minimum absolute atomic E-state index is 0.0135. The highest BCUT2D eigenvalue weighted by Crippen LogP contribution is 2.24. The molecule has 0 saturated heterocycles. The van der Waals surface area contributed by atoms with Crippen molar-refractivity contribution in [3.05, 3.63) is 47.7 Å². The van der Waals surface area contributed by atoms with E-state index in [1.54, 1.807) is 6.07 Å². The van der Waals surface area contributed by atoms with Crippen LogP contribution < -0.4 is 4.74 Å². The molecule has 0 unspecified atom stereocenters. The SMILES string of the molecule is COC(=O)c1cnc(Oc2cccc(F)c2C#N)cn1. The lowest BCUT2D eigenvalue weighted by atomic mass is 10.2. The van der Waals surface area contributed by atoms with Crippen LogP contribution in [-0.2, 0) is 4.74 Å². The van der Waals surface area contributed by atoms with Crippen LogP contribution in [0.1, 0.15) is 16.1 Å². The van der Waals surface area contributed by atoms with Gasteiger partial charge in [0.1, 0.15) is 23.2 Å². The molecule has 0 bridgehead atoms. The molecule has 0 aliphatic carbocycles. The zero-order valence-corrected chi connectivity index (χ0v) is 10.3. The molecule has 0 amide bonds. The van der Waals surface area contributed by atoms with Crippen LogP contribution in [0.2, 0.25) is 0 Å². The lowest BCUT2D eigenvalue weighted by Crippen LogP contribution is -2.05. The van der Waals surface area contributed by atoms with E-state index in [1.165, 1.54) is 25.4 Å². The minimum atomic E-state index is -0.691. The number of ether oxygens (including phenoxy) is 2. The monoisotopic (exact) mass is 273 g/mol. The van der Waals surface area contributed by atoms with E-state index in [0.29, 0.717) is 0 Å². The summed E-state index contributed by atoms with van der Waals surface area (Å²) in [5, 5.41) is 8.86. The fraction of sp³-hybridized carbons (Fsp3) is 0.0769. The van der Waals surface area contributed by atoms with Gasteiger partial charge in [0.2, 0.25) is 5.88 Å². The molecule has 1 heterocycles. The van der Waals surface area contributed by atoms with Gasteiger partial charge in [-0.15, -0.1) is 0 Å². The standard InChI is InChI=1S/C13H8FN3O3/c1-19-13(18)10-6-17-12(7-16-10)20-11-4-2-3-9(14)8(11)5-15/h2-4,6-7H,1H3. The van der Waals surface area contributed by atoms with Gasteiger partial charge < -0.3 is 9.47 Å². The molecule has 2 rings (SSSR count). The molecule has 0 aliphatic rings. The van der Waals surface area contributed by atoms with Gasteiger partial charge in [-0.05, 0) is 12.1 Å². The lowest BCUT2D eigenvalue weighted by molar-refractivity contribution is 0.0593. The summed E-state index contributed by atoms with van der Waals surface area (Å²) in [5.74, 6) is -1.27. The highest BCUT2D eigenvalue weighted by Gasteiger charge is 2.12. The third-order valence-electron chi connectivity index (χ3n) is 2.32. The first-order chi connectivity index (χ1) is 9.65. The maximum Gasteiger partial charge on any atom is 0.358 e. The Morgan fingerprint density at radius 3 is 2.75 bits per heavy atom. The largest absolute Gasteiger partial charge is 0.464 e. The number of hydrogen-bond acceptors (Lipinski definition) is 6. The Labute approximate surface area is 113 Å². The second-order valence-corrected chi connectivity index (χ2v) is 3.56. The van der Waals surface area contributed by atoms with Gasteiger partial charge in [0.25, 0.3) is 0 Å². The number of hydrogen-bond donors (Lipinski definition) is 0. The summed E-state index contributed by atoms with van der Waals surface area (Å²) in [6.07, 6.45) is 2.34. The summed E-state index contributed by atoms with van der Waals surface area (Å²) in [5.41, 5.74) is -0.217. The van der Waals surface area contributed by atoms with Crippen LogP contribution in [0, 0.1) is 17.1 Å². The van der Waals surface area contributed by atoms with Gasteiger partial charge in [-0.25, -0.2) is 19.2 Å². The Bertz CT molecular complexity index is 680. The summed E-state index contributed by atoms with van der Waals surface area (Å²) in [6.45, 7) is 0. The molecule has 0 atom stereocenters. The molecule has 1 aromatic carbocycles. The van der Waals surface area contributed by atoms with Crippen LogP contribution in [0.25, 0.3) is 0 Å². The molecule has 0 saturated carbocycles. The number of carbonyl (C=O) groups excluding carboxylic acids is 1. The fourth-order valence-corrected chi connectivity index (χ4v) is 1.39. The van der Waals surface area contributed by atoms with Gasteiger partial charge in [0.15, 0.2) is 5.69 Å². The van der Waals surface area contributed by atoms with Crippen molar-refractivity contribution in [1.82, 2.24) is 9.97 Å².